The summed E-state index contributed by atoms with van der Waals surface area (Å²) in [5.41, 5.74) is 0. The Hall–Kier alpha value is -1.37. The molecule has 2 N–H and O–H groups in total. The van der Waals surface area contributed by atoms with E-state index < -0.39 is 0 Å². The molecule has 1 atom stereocenters. The van der Waals surface area contributed by atoms with E-state index in [4.69, 9.17) is 4.74 Å². The molecule has 0 unspecified atom stereocenters. The molecule has 118 valence electrons. The molecule has 0 saturated heterocycles. The molecule has 1 aromatic heterocycles. The van der Waals surface area contributed by atoms with Crippen LogP contribution in [0.25, 0.3) is 0 Å². The van der Waals surface area contributed by atoms with Gasteiger partial charge in [-0.3, -0.25) is 4.79 Å². The maximum absolute atomic E-state index is 11.9. The van der Waals surface area contributed by atoms with Crippen LogP contribution in [0.3, 0.4) is 0 Å². The van der Waals surface area contributed by atoms with E-state index >= 15 is 0 Å². The zero-order valence-electron chi connectivity index (χ0n) is 12.6. The van der Waals surface area contributed by atoms with E-state index in [-0.39, 0.29) is 18.6 Å². The highest BCUT2D eigenvalue weighted by molar-refractivity contribution is 9.10. The number of hydrogen-bond donors (Lipinski definition) is 2. The summed E-state index contributed by atoms with van der Waals surface area (Å²) in [6.07, 6.45) is 0. The Morgan fingerprint density at radius 3 is 2.82 bits per heavy atom. The SMILES string of the molecule is C[NH+](C)[C@H](CNC(=O)COc1cccc(Br)c1)c1cccs1. The summed E-state index contributed by atoms with van der Waals surface area (Å²) >= 11 is 5.09. The summed E-state index contributed by atoms with van der Waals surface area (Å²) in [6, 6.07) is 11.9. The van der Waals surface area contributed by atoms with Crippen LogP contribution in [0.2, 0.25) is 0 Å². The number of halogens is 1. The van der Waals surface area contributed by atoms with Gasteiger partial charge in [0.2, 0.25) is 0 Å². The van der Waals surface area contributed by atoms with Gasteiger partial charge in [-0.05, 0) is 29.6 Å². The Kier molecular flexibility index (Phi) is 6.42. The van der Waals surface area contributed by atoms with Gasteiger partial charge in [-0.25, -0.2) is 0 Å². The fourth-order valence-electron chi connectivity index (χ4n) is 2.05. The zero-order chi connectivity index (χ0) is 15.9. The number of benzene rings is 1. The van der Waals surface area contributed by atoms with E-state index in [0.717, 1.165) is 4.47 Å². The highest BCUT2D eigenvalue weighted by atomic mass is 79.9. The maximum Gasteiger partial charge on any atom is 0.258 e. The smallest absolute Gasteiger partial charge is 0.258 e. The normalized spacial score (nSPS) is 12.2. The molecule has 1 heterocycles. The summed E-state index contributed by atoms with van der Waals surface area (Å²) in [5.74, 6) is 0.570. The first-order valence-corrected chi connectivity index (χ1v) is 8.72. The molecule has 0 saturated carbocycles. The second kappa shape index (κ2) is 8.31. The first kappa shape index (κ1) is 17.0. The Labute approximate surface area is 143 Å². The number of hydrogen-bond acceptors (Lipinski definition) is 3. The Morgan fingerprint density at radius 1 is 1.36 bits per heavy atom. The van der Waals surface area contributed by atoms with Gasteiger partial charge in [0.05, 0.1) is 25.5 Å². The molecule has 0 aliphatic heterocycles. The Bertz CT molecular complexity index is 602. The summed E-state index contributed by atoms with van der Waals surface area (Å²) in [7, 11) is 4.18. The van der Waals surface area contributed by atoms with Crippen LogP contribution in [0.5, 0.6) is 5.75 Å². The third-order valence-corrected chi connectivity index (χ3v) is 4.73. The van der Waals surface area contributed by atoms with E-state index in [1.54, 1.807) is 11.3 Å². The van der Waals surface area contributed by atoms with Gasteiger partial charge in [0, 0.05) is 4.47 Å². The molecule has 22 heavy (non-hydrogen) atoms. The van der Waals surface area contributed by atoms with Gasteiger partial charge < -0.3 is 15.0 Å². The lowest BCUT2D eigenvalue weighted by molar-refractivity contribution is -0.890. The standard InChI is InChI=1S/C16H19BrN2O2S/c1-19(2)14(15-7-4-8-22-15)10-18-16(20)11-21-13-6-3-5-12(17)9-13/h3-9,14H,10-11H2,1-2H3,(H,18,20)/p+1/t14-/m1/s1. The van der Waals surface area contributed by atoms with Crippen LogP contribution < -0.4 is 15.0 Å². The molecular formula is C16H20BrN2O2S+. The van der Waals surface area contributed by atoms with Crippen LogP contribution in [-0.2, 0) is 4.79 Å². The van der Waals surface area contributed by atoms with Crippen LogP contribution in [-0.4, -0.2) is 33.2 Å². The van der Waals surface area contributed by atoms with Crippen LogP contribution in [0, 0.1) is 0 Å². The molecule has 0 bridgehead atoms. The number of thiophene rings is 1. The van der Waals surface area contributed by atoms with Crippen molar-refractivity contribution in [3.8, 4) is 5.75 Å². The molecule has 0 radical (unpaired) electrons. The Balaban J connectivity index is 1.81. The average molecular weight is 384 g/mol. The van der Waals surface area contributed by atoms with E-state index in [9.17, 15) is 4.79 Å². The third-order valence-electron chi connectivity index (χ3n) is 3.25. The number of quaternary nitrogens is 1. The van der Waals surface area contributed by atoms with Crippen molar-refractivity contribution in [2.75, 3.05) is 27.2 Å². The highest BCUT2D eigenvalue weighted by Crippen LogP contribution is 2.18. The van der Waals surface area contributed by atoms with Crippen LogP contribution in [0.1, 0.15) is 10.9 Å². The van der Waals surface area contributed by atoms with Crippen LogP contribution in [0.15, 0.2) is 46.3 Å². The zero-order valence-corrected chi connectivity index (χ0v) is 15.0. The Morgan fingerprint density at radius 2 is 2.18 bits per heavy atom. The largest absolute Gasteiger partial charge is 0.484 e. The van der Waals surface area contributed by atoms with Gasteiger partial charge in [0.25, 0.3) is 5.91 Å². The first-order valence-electron chi connectivity index (χ1n) is 7.05. The number of nitrogens with one attached hydrogen (secondary N) is 2. The van der Waals surface area contributed by atoms with E-state index in [1.807, 2.05) is 30.3 Å². The molecule has 0 spiro atoms. The number of ether oxygens (including phenoxy) is 1. The van der Waals surface area contributed by atoms with Crippen molar-refractivity contribution in [1.82, 2.24) is 5.32 Å². The topological polar surface area (TPSA) is 42.8 Å². The second-order valence-corrected chi connectivity index (χ2v) is 7.09. The molecule has 4 nitrogen and oxygen atoms in total. The van der Waals surface area contributed by atoms with Gasteiger partial charge in [-0.2, -0.15) is 0 Å². The minimum atomic E-state index is -0.109. The fraction of sp³-hybridized carbons (Fsp3) is 0.312. The van der Waals surface area contributed by atoms with Crippen molar-refractivity contribution < 1.29 is 14.4 Å². The number of amides is 1. The molecule has 2 rings (SSSR count). The molecule has 2 aromatic rings. The third kappa shape index (κ3) is 5.12. The maximum atomic E-state index is 11.9. The van der Waals surface area contributed by atoms with Crippen molar-refractivity contribution in [1.29, 1.82) is 0 Å². The van der Waals surface area contributed by atoms with Crippen molar-refractivity contribution in [3.05, 3.63) is 51.1 Å². The summed E-state index contributed by atoms with van der Waals surface area (Å²) in [6.45, 7) is 0.625. The monoisotopic (exact) mass is 383 g/mol. The van der Waals surface area contributed by atoms with Gasteiger partial charge >= 0.3 is 0 Å². The van der Waals surface area contributed by atoms with E-state index in [1.165, 1.54) is 9.78 Å². The molecule has 0 aliphatic rings. The van der Waals surface area contributed by atoms with Gasteiger partial charge in [0.15, 0.2) is 6.61 Å². The predicted molar refractivity (Wildman–Crippen MR) is 92.5 cm³/mol. The highest BCUT2D eigenvalue weighted by Gasteiger charge is 2.19. The number of likely N-dealkylation sites (N-methyl/N-ethyl adjacent to an activating group) is 1. The fourth-order valence-corrected chi connectivity index (χ4v) is 3.38. The van der Waals surface area contributed by atoms with E-state index in [0.29, 0.717) is 12.3 Å². The predicted octanol–water partition coefficient (Wildman–Crippen LogP) is 1.89. The van der Waals surface area contributed by atoms with Gasteiger partial charge in [0.1, 0.15) is 11.8 Å². The second-order valence-electron chi connectivity index (χ2n) is 5.20. The van der Waals surface area contributed by atoms with E-state index in [2.05, 4.69) is 46.8 Å². The summed E-state index contributed by atoms with van der Waals surface area (Å²) in [5, 5.41) is 5.01. The molecule has 6 heteroatoms. The van der Waals surface area contributed by atoms with Crippen molar-refractivity contribution in [2.45, 2.75) is 6.04 Å². The minimum Gasteiger partial charge on any atom is -0.484 e. The number of rotatable bonds is 7. The molecule has 1 aromatic carbocycles. The number of carbonyl (C=O) groups excluding carboxylic acids is 1. The lowest BCUT2D eigenvalue weighted by Gasteiger charge is -2.20. The van der Waals surface area contributed by atoms with Crippen molar-refractivity contribution >= 4 is 33.2 Å². The molecular weight excluding hydrogens is 364 g/mol. The number of carbonyl (C=O) groups is 1. The summed E-state index contributed by atoms with van der Waals surface area (Å²) < 4.78 is 6.42. The average Bonchev–Trinajstić information content (AvgIpc) is 2.99. The molecule has 0 fully saturated rings. The van der Waals surface area contributed by atoms with Gasteiger partial charge in [-0.1, -0.05) is 28.1 Å². The lowest BCUT2D eigenvalue weighted by Crippen LogP contribution is -3.06. The first-order chi connectivity index (χ1) is 10.6. The van der Waals surface area contributed by atoms with Crippen molar-refractivity contribution in [2.24, 2.45) is 0 Å². The lowest BCUT2D eigenvalue weighted by atomic mass is 10.2. The van der Waals surface area contributed by atoms with Crippen LogP contribution in [0.4, 0.5) is 0 Å². The van der Waals surface area contributed by atoms with Gasteiger partial charge in [-0.15, -0.1) is 11.3 Å². The summed E-state index contributed by atoms with van der Waals surface area (Å²) in [4.78, 5) is 14.5. The minimum absolute atomic E-state index is 0.0242. The quantitative estimate of drug-likeness (QED) is 0.766. The molecule has 1 amide bonds. The van der Waals surface area contributed by atoms with Crippen molar-refractivity contribution in [3.63, 3.8) is 0 Å². The molecule has 0 aliphatic carbocycles. The van der Waals surface area contributed by atoms with Crippen LogP contribution >= 0.6 is 27.3 Å².